The van der Waals surface area contributed by atoms with E-state index in [0.717, 1.165) is 0 Å². The van der Waals surface area contributed by atoms with Gasteiger partial charge in [0.05, 0.1) is 0 Å². The highest BCUT2D eigenvalue weighted by atomic mass is 32.2. The molecule has 1 rings (SSSR count). The van der Waals surface area contributed by atoms with Crippen LogP contribution in [-0.4, -0.2) is 42.6 Å². The number of alkyl halides is 3. The molecular formula is C16H21F3N2O3S. The number of anilines is 1. The maximum atomic E-state index is 12.3. The van der Waals surface area contributed by atoms with Gasteiger partial charge in [-0.1, -0.05) is 13.0 Å². The monoisotopic (exact) mass is 378 g/mol. The largest absolute Gasteiger partial charge is 0.484 e. The molecule has 0 fully saturated rings. The molecule has 0 spiro atoms. The van der Waals surface area contributed by atoms with Crippen LogP contribution in [0, 0.1) is 0 Å². The van der Waals surface area contributed by atoms with Crippen molar-refractivity contribution in [2.45, 2.75) is 32.0 Å². The molecule has 25 heavy (non-hydrogen) atoms. The zero-order valence-electron chi connectivity index (χ0n) is 14.0. The molecule has 5 nitrogen and oxygen atoms in total. The van der Waals surface area contributed by atoms with Gasteiger partial charge in [-0.2, -0.15) is 24.9 Å². The van der Waals surface area contributed by atoms with E-state index in [9.17, 15) is 22.8 Å². The van der Waals surface area contributed by atoms with Crippen molar-refractivity contribution in [1.29, 1.82) is 0 Å². The summed E-state index contributed by atoms with van der Waals surface area (Å²) in [5.74, 6) is -0.00250. The molecule has 1 aromatic rings. The van der Waals surface area contributed by atoms with Crippen LogP contribution in [0.15, 0.2) is 24.3 Å². The number of thioether (sulfide) groups is 1. The minimum Gasteiger partial charge on any atom is -0.484 e. The second-order valence-electron chi connectivity index (χ2n) is 5.18. The number of hydrogen-bond donors (Lipinski definition) is 2. The first-order chi connectivity index (χ1) is 11.7. The van der Waals surface area contributed by atoms with E-state index < -0.39 is 24.7 Å². The summed E-state index contributed by atoms with van der Waals surface area (Å²) < 4.78 is 41.2. The standard InChI is InChI=1S/C16H21F3N2O3S/c1-3-14(22)21-13(7-8-25-2)15(23)20-11-5-4-6-12(9-11)24-10-16(17,18)19/h4-6,9,13H,3,7-8,10H2,1-2H3,(H,20,23)(H,21,22)/t13-/m1/s1. The molecule has 0 saturated carbocycles. The molecule has 0 saturated heterocycles. The van der Waals surface area contributed by atoms with Crippen molar-refractivity contribution in [2.24, 2.45) is 0 Å². The van der Waals surface area contributed by atoms with Crippen molar-refractivity contribution in [3.63, 3.8) is 0 Å². The van der Waals surface area contributed by atoms with Crippen LogP contribution in [0.5, 0.6) is 5.75 Å². The summed E-state index contributed by atoms with van der Waals surface area (Å²) in [5, 5.41) is 5.23. The van der Waals surface area contributed by atoms with Crippen LogP contribution in [-0.2, 0) is 9.59 Å². The van der Waals surface area contributed by atoms with Gasteiger partial charge < -0.3 is 15.4 Å². The van der Waals surface area contributed by atoms with Crippen LogP contribution in [0.2, 0.25) is 0 Å². The molecule has 140 valence electrons. The van der Waals surface area contributed by atoms with Gasteiger partial charge in [0.2, 0.25) is 11.8 Å². The van der Waals surface area contributed by atoms with Gasteiger partial charge in [-0.25, -0.2) is 0 Å². The molecule has 0 aliphatic rings. The van der Waals surface area contributed by atoms with Crippen LogP contribution >= 0.6 is 11.8 Å². The number of carbonyl (C=O) groups excluding carboxylic acids is 2. The zero-order valence-corrected chi connectivity index (χ0v) is 14.8. The quantitative estimate of drug-likeness (QED) is 0.692. The molecule has 0 unspecified atom stereocenters. The van der Waals surface area contributed by atoms with E-state index in [1.807, 2.05) is 6.26 Å². The molecule has 0 aliphatic heterocycles. The first-order valence-corrected chi connectivity index (χ1v) is 9.03. The Hall–Kier alpha value is -1.90. The minimum absolute atomic E-state index is 0.00613. The van der Waals surface area contributed by atoms with Crippen molar-refractivity contribution < 1.29 is 27.5 Å². The Morgan fingerprint density at radius 1 is 1.32 bits per heavy atom. The highest BCUT2D eigenvalue weighted by molar-refractivity contribution is 7.98. The lowest BCUT2D eigenvalue weighted by molar-refractivity contribution is -0.153. The number of benzene rings is 1. The van der Waals surface area contributed by atoms with Gasteiger partial charge in [0.25, 0.3) is 0 Å². The van der Waals surface area contributed by atoms with Gasteiger partial charge in [0.1, 0.15) is 11.8 Å². The Labute approximate surface area is 148 Å². The molecule has 0 aliphatic carbocycles. The molecule has 1 atom stereocenters. The summed E-state index contributed by atoms with van der Waals surface area (Å²) >= 11 is 1.54. The molecule has 0 radical (unpaired) electrons. The van der Waals surface area contributed by atoms with E-state index in [0.29, 0.717) is 17.9 Å². The molecule has 9 heteroatoms. The highest BCUT2D eigenvalue weighted by Crippen LogP contribution is 2.21. The molecule has 0 bridgehead atoms. The fourth-order valence-electron chi connectivity index (χ4n) is 1.86. The average molecular weight is 378 g/mol. The summed E-state index contributed by atoms with van der Waals surface area (Å²) in [5.41, 5.74) is 0.296. The normalized spacial score (nSPS) is 12.4. The maximum absolute atomic E-state index is 12.3. The molecule has 2 N–H and O–H groups in total. The van der Waals surface area contributed by atoms with Crippen LogP contribution in [0.1, 0.15) is 19.8 Å². The van der Waals surface area contributed by atoms with Crippen molar-refractivity contribution in [3.05, 3.63) is 24.3 Å². The van der Waals surface area contributed by atoms with Crippen molar-refractivity contribution in [2.75, 3.05) is 23.9 Å². The summed E-state index contributed by atoms with van der Waals surface area (Å²) in [6.45, 7) is 0.271. The van der Waals surface area contributed by atoms with E-state index in [4.69, 9.17) is 0 Å². The molecule has 1 aromatic carbocycles. The summed E-state index contributed by atoms with van der Waals surface area (Å²) in [7, 11) is 0. The number of amides is 2. The number of hydrogen-bond acceptors (Lipinski definition) is 4. The summed E-state index contributed by atoms with van der Waals surface area (Å²) in [6.07, 6.45) is -1.85. The van der Waals surface area contributed by atoms with E-state index in [1.54, 1.807) is 18.7 Å². The van der Waals surface area contributed by atoms with Gasteiger partial charge >= 0.3 is 6.18 Å². The zero-order chi connectivity index (χ0) is 18.9. The predicted molar refractivity (Wildman–Crippen MR) is 91.8 cm³/mol. The number of ether oxygens (including phenoxy) is 1. The third kappa shape index (κ3) is 8.67. The van der Waals surface area contributed by atoms with Gasteiger partial charge in [0.15, 0.2) is 6.61 Å². The predicted octanol–water partition coefficient (Wildman–Crippen LogP) is 3.21. The van der Waals surface area contributed by atoms with Gasteiger partial charge in [-0.05, 0) is 30.6 Å². The Bertz CT molecular complexity index is 582. The fraction of sp³-hybridized carbons (Fsp3) is 0.500. The Kier molecular flexibility index (Phi) is 8.60. The summed E-state index contributed by atoms with van der Waals surface area (Å²) in [6, 6.07) is 4.97. The topological polar surface area (TPSA) is 67.4 Å². The van der Waals surface area contributed by atoms with E-state index in [-0.39, 0.29) is 18.1 Å². The SMILES string of the molecule is CCC(=O)N[C@H](CCSC)C(=O)Nc1cccc(OCC(F)(F)F)c1. The van der Waals surface area contributed by atoms with Crippen molar-refractivity contribution in [1.82, 2.24) is 5.32 Å². The first kappa shape index (κ1) is 21.1. The molecule has 0 heterocycles. The summed E-state index contributed by atoms with van der Waals surface area (Å²) in [4.78, 5) is 23.9. The Balaban J connectivity index is 2.73. The average Bonchev–Trinajstić information content (AvgIpc) is 2.56. The molecule has 0 aromatic heterocycles. The molecular weight excluding hydrogens is 357 g/mol. The van der Waals surface area contributed by atoms with E-state index in [2.05, 4.69) is 15.4 Å². The Morgan fingerprint density at radius 2 is 2.04 bits per heavy atom. The fourth-order valence-corrected chi connectivity index (χ4v) is 2.33. The second kappa shape index (κ2) is 10.2. The number of rotatable bonds is 9. The third-order valence-corrected chi connectivity index (χ3v) is 3.73. The number of nitrogens with one attached hydrogen (secondary N) is 2. The van der Waals surface area contributed by atoms with Crippen molar-refractivity contribution >= 4 is 29.3 Å². The van der Waals surface area contributed by atoms with Crippen LogP contribution in [0.25, 0.3) is 0 Å². The second-order valence-corrected chi connectivity index (χ2v) is 6.16. The third-order valence-electron chi connectivity index (χ3n) is 3.09. The highest BCUT2D eigenvalue weighted by Gasteiger charge is 2.28. The van der Waals surface area contributed by atoms with Gasteiger partial charge in [-0.3, -0.25) is 9.59 Å². The smallest absolute Gasteiger partial charge is 0.422 e. The lowest BCUT2D eigenvalue weighted by Gasteiger charge is -2.18. The van der Waals surface area contributed by atoms with Crippen molar-refractivity contribution in [3.8, 4) is 5.75 Å². The van der Waals surface area contributed by atoms with Crippen LogP contribution in [0.4, 0.5) is 18.9 Å². The minimum atomic E-state index is -4.44. The van der Waals surface area contributed by atoms with Gasteiger partial charge in [0, 0.05) is 18.2 Å². The van der Waals surface area contributed by atoms with Crippen LogP contribution in [0.3, 0.4) is 0 Å². The number of carbonyl (C=O) groups is 2. The maximum Gasteiger partial charge on any atom is 0.422 e. The lowest BCUT2D eigenvalue weighted by Crippen LogP contribution is -2.44. The Morgan fingerprint density at radius 3 is 2.64 bits per heavy atom. The molecule has 2 amide bonds. The van der Waals surface area contributed by atoms with E-state index in [1.165, 1.54) is 24.3 Å². The van der Waals surface area contributed by atoms with E-state index >= 15 is 0 Å². The van der Waals surface area contributed by atoms with Crippen LogP contribution < -0.4 is 15.4 Å². The van der Waals surface area contributed by atoms with Gasteiger partial charge in [-0.15, -0.1) is 0 Å². The number of halogens is 3. The lowest BCUT2D eigenvalue weighted by atomic mass is 10.2. The first-order valence-electron chi connectivity index (χ1n) is 7.64.